The molecule has 2 N–H and O–H groups in total. The normalized spacial score (nSPS) is 17.4. The monoisotopic (exact) mass is 425 g/mol. The summed E-state index contributed by atoms with van der Waals surface area (Å²) in [5, 5.41) is 5.14. The van der Waals surface area contributed by atoms with Crippen LogP contribution in [-0.2, 0) is 26.2 Å². The molecule has 0 spiro atoms. The molecule has 8 heteroatoms. The highest BCUT2D eigenvalue weighted by molar-refractivity contribution is 7.89. The molecule has 2 aliphatic rings. The smallest absolute Gasteiger partial charge is 0.278 e. The van der Waals surface area contributed by atoms with E-state index in [1.54, 1.807) is 12.1 Å². The van der Waals surface area contributed by atoms with E-state index in [-0.39, 0.29) is 23.3 Å². The van der Waals surface area contributed by atoms with Gasteiger partial charge in [-0.3, -0.25) is 14.5 Å². The van der Waals surface area contributed by atoms with Crippen molar-refractivity contribution in [1.29, 1.82) is 0 Å². The number of primary sulfonamides is 1. The fourth-order valence-corrected chi connectivity index (χ4v) is 4.40. The Morgan fingerprint density at radius 1 is 0.900 bits per heavy atom. The van der Waals surface area contributed by atoms with Crippen molar-refractivity contribution in [2.45, 2.75) is 31.2 Å². The molecule has 2 aliphatic heterocycles. The number of hydrogen-bond acceptors (Lipinski definition) is 5. The van der Waals surface area contributed by atoms with E-state index in [1.807, 2.05) is 36.1 Å². The predicted molar refractivity (Wildman–Crippen MR) is 112 cm³/mol. The second-order valence-corrected chi connectivity index (χ2v) is 9.23. The van der Waals surface area contributed by atoms with Crippen LogP contribution in [0.1, 0.15) is 29.5 Å². The second-order valence-electron chi connectivity index (χ2n) is 7.67. The summed E-state index contributed by atoms with van der Waals surface area (Å²) in [6.07, 6.45) is 1.97. The molecule has 2 aromatic carbocycles. The van der Waals surface area contributed by atoms with Crippen LogP contribution in [0.15, 0.2) is 59.1 Å². The van der Waals surface area contributed by atoms with Crippen LogP contribution in [0, 0.1) is 6.92 Å². The highest BCUT2D eigenvalue weighted by atomic mass is 32.2. The lowest BCUT2D eigenvalue weighted by Crippen LogP contribution is -2.34. The molecular weight excluding hydrogens is 402 g/mol. The third-order valence-electron chi connectivity index (χ3n) is 5.50. The number of hydrogen-bond donors (Lipinski definition) is 1. The number of rotatable bonds is 5. The molecule has 2 aromatic rings. The van der Waals surface area contributed by atoms with E-state index in [9.17, 15) is 18.0 Å². The maximum absolute atomic E-state index is 13.3. The van der Waals surface area contributed by atoms with Gasteiger partial charge in [0.1, 0.15) is 5.70 Å². The third-order valence-corrected chi connectivity index (χ3v) is 6.43. The predicted octanol–water partition coefficient (Wildman–Crippen LogP) is 2.02. The zero-order valence-electron chi connectivity index (χ0n) is 16.7. The number of nitrogens with zero attached hydrogens (tertiary/aromatic N) is 2. The number of imide groups is 1. The fourth-order valence-electron chi connectivity index (χ4n) is 3.89. The van der Waals surface area contributed by atoms with Crippen LogP contribution in [0.3, 0.4) is 0 Å². The largest absolute Gasteiger partial charge is 0.366 e. The highest BCUT2D eigenvalue weighted by Crippen LogP contribution is 2.34. The summed E-state index contributed by atoms with van der Waals surface area (Å²) in [5.74, 6) is -0.644. The Morgan fingerprint density at radius 2 is 1.50 bits per heavy atom. The molecule has 156 valence electrons. The average molecular weight is 426 g/mol. The van der Waals surface area contributed by atoms with E-state index < -0.39 is 10.0 Å². The summed E-state index contributed by atoms with van der Waals surface area (Å²) < 4.78 is 22.9. The van der Waals surface area contributed by atoms with Crippen LogP contribution in [0.5, 0.6) is 0 Å². The maximum Gasteiger partial charge on any atom is 0.278 e. The fraction of sp³-hybridized carbons (Fsp3) is 0.273. The standard InChI is InChI=1S/C22H23N3O4S/c1-15-4-8-17(9-5-15)19-20(24-12-2-3-13-24)22(27)25(21(19)26)14-16-6-10-18(11-7-16)30(23,28)29/h4-11H,2-3,12-14H2,1H3,(H2,23,28,29). The molecule has 0 radical (unpaired) electrons. The van der Waals surface area contributed by atoms with Crippen molar-refractivity contribution in [3.8, 4) is 0 Å². The molecule has 2 heterocycles. The van der Waals surface area contributed by atoms with Crippen molar-refractivity contribution < 1.29 is 18.0 Å². The van der Waals surface area contributed by atoms with Gasteiger partial charge in [0.25, 0.3) is 11.8 Å². The topological polar surface area (TPSA) is 101 Å². The molecule has 2 amide bonds. The van der Waals surface area contributed by atoms with Crippen molar-refractivity contribution in [3.05, 3.63) is 70.9 Å². The van der Waals surface area contributed by atoms with Crippen molar-refractivity contribution in [1.82, 2.24) is 9.80 Å². The van der Waals surface area contributed by atoms with Crippen molar-refractivity contribution in [3.63, 3.8) is 0 Å². The van der Waals surface area contributed by atoms with Gasteiger partial charge in [0.15, 0.2) is 0 Å². The van der Waals surface area contributed by atoms with E-state index in [1.165, 1.54) is 17.0 Å². The Morgan fingerprint density at radius 3 is 2.07 bits per heavy atom. The number of carbonyl (C=O) groups excluding carboxylic acids is 2. The first kappa shape index (κ1) is 20.3. The molecule has 0 atom stereocenters. The lowest BCUT2D eigenvalue weighted by molar-refractivity contribution is -0.138. The summed E-state index contributed by atoms with van der Waals surface area (Å²) in [5.41, 5.74) is 3.35. The molecule has 0 bridgehead atoms. The van der Waals surface area contributed by atoms with Gasteiger partial charge in [0.05, 0.1) is 17.0 Å². The van der Waals surface area contributed by atoms with Crippen molar-refractivity contribution >= 4 is 27.4 Å². The number of likely N-dealkylation sites (tertiary alicyclic amines) is 1. The Labute approximate surface area is 175 Å². The summed E-state index contributed by atoms with van der Waals surface area (Å²) in [6, 6.07) is 13.5. The van der Waals surface area contributed by atoms with E-state index >= 15 is 0 Å². The van der Waals surface area contributed by atoms with E-state index in [0.29, 0.717) is 16.8 Å². The number of benzene rings is 2. The van der Waals surface area contributed by atoms with Gasteiger partial charge in [-0.2, -0.15) is 0 Å². The Hall–Kier alpha value is -2.97. The molecule has 0 unspecified atom stereocenters. The van der Waals surface area contributed by atoms with Crippen LogP contribution in [0.4, 0.5) is 0 Å². The third kappa shape index (κ3) is 3.76. The molecule has 0 aliphatic carbocycles. The number of aryl methyl sites for hydroxylation is 1. The number of amides is 2. The summed E-state index contributed by atoms with van der Waals surface area (Å²) in [6.45, 7) is 3.54. The molecule has 0 saturated carbocycles. The van der Waals surface area contributed by atoms with Gasteiger partial charge in [-0.25, -0.2) is 13.6 Å². The average Bonchev–Trinajstić information content (AvgIpc) is 3.31. The number of sulfonamides is 1. The van der Waals surface area contributed by atoms with Crippen LogP contribution >= 0.6 is 0 Å². The maximum atomic E-state index is 13.3. The first-order chi connectivity index (χ1) is 14.3. The highest BCUT2D eigenvalue weighted by Gasteiger charge is 2.42. The van der Waals surface area contributed by atoms with Gasteiger partial charge >= 0.3 is 0 Å². The lowest BCUT2D eigenvalue weighted by atomic mass is 10.0. The van der Waals surface area contributed by atoms with Crippen LogP contribution in [0.2, 0.25) is 0 Å². The molecule has 7 nitrogen and oxygen atoms in total. The zero-order chi connectivity index (χ0) is 21.5. The minimum Gasteiger partial charge on any atom is -0.366 e. The van der Waals surface area contributed by atoms with E-state index in [0.717, 1.165) is 37.1 Å². The van der Waals surface area contributed by atoms with Gasteiger partial charge in [0.2, 0.25) is 10.0 Å². The minimum atomic E-state index is -3.80. The van der Waals surface area contributed by atoms with Gasteiger partial charge < -0.3 is 4.90 Å². The van der Waals surface area contributed by atoms with Crippen molar-refractivity contribution in [2.75, 3.05) is 13.1 Å². The Bertz CT molecular complexity index is 1130. The summed E-state index contributed by atoms with van der Waals surface area (Å²) in [7, 11) is -3.80. The lowest BCUT2D eigenvalue weighted by Gasteiger charge is -2.20. The zero-order valence-corrected chi connectivity index (χ0v) is 17.5. The van der Waals surface area contributed by atoms with Gasteiger partial charge in [-0.15, -0.1) is 0 Å². The number of nitrogens with two attached hydrogens (primary N) is 1. The molecule has 1 fully saturated rings. The minimum absolute atomic E-state index is 0.0125. The summed E-state index contributed by atoms with van der Waals surface area (Å²) >= 11 is 0. The quantitative estimate of drug-likeness (QED) is 0.739. The Kier molecular flexibility index (Phi) is 5.21. The molecule has 1 saturated heterocycles. The van der Waals surface area contributed by atoms with Crippen LogP contribution in [0.25, 0.3) is 5.57 Å². The van der Waals surface area contributed by atoms with E-state index in [4.69, 9.17) is 5.14 Å². The SMILES string of the molecule is Cc1ccc(C2=C(N3CCCC3)C(=O)N(Cc3ccc(S(N)(=O)=O)cc3)C2=O)cc1. The van der Waals surface area contributed by atoms with Gasteiger partial charge in [-0.05, 0) is 43.0 Å². The first-order valence-corrected chi connectivity index (χ1v) is 11.3. The van der Waals surface area contributed by atoms with Crippen LogP contribution < -0.4 is 5.14 Å². The number of carbonyl (C=O) groups is 2. The second kappa shape index (κ2) is 7.70. The molecule has 4 rings (SSSR count). The molecule has 30 heavy (non-hydrogen) atoms. The molecule has 0 aromatic heterocycles. The van der Waals surface area contributed by atoms with Gasteiger partial charge in [0, 0.05) is 13.1 Å². The first-order valence-electron chi connectivity index (χ1n) is 9.80. The van der Waals surface area contributed by atoms with Crippen molar-refractivity contribution in [2.24, 2.45) is 5.14 Å². The Balaban J connectivity index is 1.68. The van der Waals surface area contributed by atoms with Crippen LogP contribution in [-0.4, -0.2) is 43.1 Å². The van der Waals surface area contributed by atoms with E-state index in [2.05, 4.69) is 0 Å². The molecular formula is C22H23N3O4S. The van der Waals surface area contributed by atoms with Gasteiger partial charge in [-0.1, -0.05) is 42.0 Å². The summed E-state index contributed by atoms with van der Waals surface area (Å²) in [4.78, 5) is 29.8.